The van der Waals surface area contributed by atoms with E-state index in [4.69, 9.17) is 18.9 Å². The SMILES string of the molecule is COCOc1cc2ccccc2c2c1CC1=C(CC=C1)Cc1c(OCOC)cc3ccccc3c1-2. The molecule has 0 aliphatic heterocycles. The lowest BCUT2D eigenvalue weighted by Gasteiger charge is -2.26. The Bertz CT molecular complexity index is 1500. The lowest BCUT2D eigenvalue weighted by atomic mass is 9.80. The van der Waals surface area contributed by atoms with Crippen LogP contribution in [-0.4, -0.2) is 27.8 Å². The highest BCUT2D eigenvalue weighted by Gasteiger charge is 2.28. The van der Waals surface area contributed by atoms with E-state index in [0.717, 1.165) is 41.5 Å². The third-order valence-corrected chi connectivity index (χ3v) is 7.04. The minimum atomic E-state index is 0.205. The van der Waals surface area contributed by atoms with Gasteiger partial charge in [-0.25, -0.2) is 0 Å². The van der Waals surface area contributed by atoms with Gasteiger partial charge in [-0.15, -0.1) is 0 Å². The van der Waals surface area contributed by atoms with Gasteiger partial charge in [-0.05, 0) is 63.2 Å². The highest BCUT2D eigenvalue weighted by Crippen LogP contribution is 2.49. The van der Waals surface area contributed by atoms with Crippen molar-refractivity contribution in [2.24, 2.45) is 0 Å². The number of ether oxygens (including phenoxy) is 4. The van der Waals surface area contributed by atoms with Crippen molar-refractivity contribution in [3.63, 3.8) is 0 Å². The lowest BCUT2D eigenvalue weighted by molar-refractivity contribution is 0.0503. The zero-order valence-electron chi connectivity index (χ0n) is 20.1. The van der Waals surface area contributed by atoms with Gasteiger partial charge in [0.25, 0.3) is 0 Å². The van der Waals surface area contributed by atoms with E-state index in [1.165, 1.54) is 44.2 Å². The second-order valence-electron chi connectivity index (χ2n) is 9.09. The van der Waals surface area contributed by atoms with E-state index in [2.05, 4.69) is 72.8 Å². The smallest absolute Gasteiger partial charge is 0.188 e. The topological polar surface area (TPSA) is 36.9 Å². The van der Waals surface area contributed by atoms with Crippen LogP contribution in [0.2, 0.25) is 0 Å². The minimum Gasteiger partial charge on any atom is -0.467 e. The number of allylic oxidation sites excluding steroid dienone is 4. The van der Waals surface area contributed by atoms with Gasteiger partial charge in [0.15, 0.2) is 13.6 Å². The first-order valence-corrected chi connectivity index (χ1v) is 12.0. The monoisotopic (exact) mass is 464 g/mol. The Labute approximate surface area is 205 Å². The van der Waals surface area contributed by atoms with E-state index < -0.39 is 0 Å². The summed E-state index contributed by atoms with van der Waals surface area (Å²) in [5, 5.41) is 4.73. The van der Waals surface area contributed by atoms with Crippen LogP contribution in [0.25, 0.3) is 32.7 Å². The molecule has 2 aliphatic rings. The van der Waals surface area contributed by atoms with Crippen molar-refractivity contribution in [2.75, 3.05) is 27.8 Å². The summed E-state index contributed by atoms with van der Waals surface area (Å²) in [7, 11) is 3.32. The maximum Gasteiger partial charge on any atom is 0.188 e. The summed E-state index contributed by atoms with van der Waals surface area (Å²) in [4.78, 5) is 0. The molecular formula is C31H28O4. The minimum absolute atomic E-state index is 0.205. The Morgan fingerprint density at radius 2 is 1.23 bits per heavy atom. The molecule has 0 N–H and O–H groups in total. The van der Waals surface area contributed by atoms with Crippen LogP contribution in [0.5, 0.6) is 11.5 Å². The van der Waals surface area contributed by atoms with Crippen molar-refractivity contribution < 1.29 is 18.9 Å². The molecule has 0 saturated heterocycles. The molecule has 0 saturated carbocycles. The summed E-state index contributed by atoms with van der Waals surface area (Å²) < 4.78 is 23.0. The highest BCUT2D eigenvalue weighted by atomic mass is 16.7. The van der Waals surface area contributed by atoms with Crippen LogP contribution in [0.1, 0.15) is 17.5 Å². The molecule has 0 spiro atoms. The standard InChI is InChI=1S/C31H28O4/c1-32-18-34-28-16-22-8-3-5-12-24(22)30-26(28)14-20-10-7-11-21(20)15-27-29(35-19-33-2)17-23-9-4-6-13-25(23)31(27)30/h3-10,12-13,16-17H,11,14-15,18-19H2,1-2H3. The van der Waals surface area contributed by atoms with Crippen molar-refractivity contribution in [2.45, 2.75) is 19.3 Å². The van der Waals surface area contributed by atoms with Crippen LogP contribution in [0.3, 0.4) is 0 Å². The normalized spacial score (nSPS) is 14.5. The molecule has 4 nitrogen and oxygen atoms in total. The van der Waals surface area contributed by atoms with Crippen molar-refractivity contribution >= 4 is 21.5 Å². The third-order valence-electron chi connectivity index (χ3n) is 7.04. The number of fused-ring (bicyclic) bond motifs is 7. The Hall–Kier alpha value is -3.60. The molecule has 0 amide bonds. The number of methoxy groups -OCH3 is 2. The van der Waals surface area contributed by atoms with Gasteiger partial charge < -0.3 is 18.9 Å². The van der Waals surface area contributed by atoms with Gasteiger partial charge in [-0.2, -0.15) is 0 Å². The van der Waals surface area contributed by atoms with Crippen LogP contribution < -0.4 is 9.47 Å². The number of hydrogen-bond donors (Lipinski definition) is 0. The van der Waals surface area contributed by atoms with E-state index in [9.17, 15) is 0 Å². The molecule has 2 aliphatic carbocycles. The van der Waals surface area contributed by atoms with E-state index in [-0.39, 0.29) is 13.6 Å². The zero-order valence-corrected chi connectivity index (χ0v) is 20.1. The molecule has 0 aromatic heterocycles. The van der Waals surface area contributed by atoms with Gasteiger partial charge in [-0.1, -0.05) is 66.3 Å². The molecular weight excluding hydrogens is 436 g/mol. The predicted molar refractivity (Wildman–Crippen MR) is 140 cm³/mol. The summed E-state index contributed by atoms with van der Waals surface area (Å²) >= 11 is 0. The molecule has 4 aromatic carbocycles. The van der Waals surface area contributed by atoms with Gasteiger partial charge in [0, 0.05) is 31.8 Å². The molecule has 0 unspecified atom stereocenters. The molecule has 0 bridgehead atoms. The molecule has 4 heteroatoms. The lowest BCUT2D eigenvalue weighted by Crippen LogP contribution is -2.10. The maximum atomic E-state index is 6.21. The molecule has 35 heavy (non-hydrogen) atoms. The number of rotatable bonds is 6. The van der Waals surface area contributed by atoms with Crippen molar-refractivity contribution in [3.05, 3.63) is 95.1 Å². The summed E-state index contributed by atoms with van der Waals surface area (Å²) in [6, 6.07) is 21.5. The van der Waals surface area contributed by atoms with E-state index >= 15 is 0 Å². The van der Waals surface area contributed by atoms with Crippen LogP contribution in [0, 0.1) is 0 Å². The van der Waals surface area contributed by atoms with Crippen LogP contribution >= 0.6 is 0 Å². The van der Waals surface area contributed by atoms with E-state index in [0.29, 0.717) is 0 Å². The fraction of sp³-hybridized carbons (Fsp3) is 0.226. The largest absolute Gasteiger partial charge is 0.467 e. The summed E-state index contributed by atoms with van der Waals surface area (Å²) in [5.74, 6) is 1.74. The van der Waals surface area contributed by atoms with E-state index in [1.54, 1.807) is 14.2 Å². The average molecular weight is 465 g/mol. The van der Waals surface area contributed by atoms with E-state index in [1.807, 2.05) is 0 Å². The second kappa shape index (κ2) is 9.21. The average Bonchev–Trinajstić information content (AvgIpc) is 3.31. The van der Waals surface area contributed by atoms with Crippen LogP contribution in [0.4, 0.5) is 0 Å². The summed E-state index contributed by atoms with van der Waals surface area (Å²) in [6.07, 6.45) is 7.17. The van der Waals surface area contributed by atoms with Gasteiger partial charge in [0.1, 0.15) is 11.5 Å². The number of hydrogen-bond acceptors (Lipinski definition) is 4. The Kier molecular flexibility index (Phi) is 5.77. The Morgan fingerprint density at radius 1 is 0.686 bits per heavy atom. The molecule has 0 atom stereocenters. The first-order valence-electron chi connectivity index (χ1n) is 12.0. The maximum absolute atomic E-state index is 6.21. The third kappa shape index (κ3) is 3.79. The van der Waals surface area contributed by atoms with Crippen LogP contribution in [0.15, 0.2) is 84.0 Å². The van der Waals surface area contributed by atoms with Gasteiger partial charge >= 0.3 is 0 Å². The predicted octanol–water partition coefficient (Wildman–Crippen LogP) is 6.98. The summed E-state index contributed by atoms with van der Waals surface area (Å²) in [5.41, 5.74) is 7.62. The first-order chi connectivity index (χ1) is 17.3. The Balaban J connectivity index is 1.77. The highest BCUT2D eigenvalue weighted by molar-refractivity contribution is 6.10. The van der Waals surface area contributed by atoms with Crippen molar-refractivity contribution in [1.82, 2.24) is 0 Å². The molecule has 4 aromatic rings. The van der Waals surface area contributed by atoms with Crippen molar-refractivity contribution in [3.8, 4) is 22.6 Å². The quantitative estimate of drug-likeness (QED) is 0.289. The Morgan fingerprint density at radius 3 is 1.80 bits per heavy atom. The zero-order chi connectivity index (χ0) is 23.8. The van der Waals surface area contributed by atoms with Gasteiger partial charge in [-0.3, -0.25) is 0 Å². The molecule has 176 valence electrons. The second-order valence-corrected chi connectivity index (χ2v) is 9.09. The summed E-state index contributed by atoms with van der Waals surface area (Å²) in [6.45, 7) is 0.413. The fourth-order valence-corrected chi connectivity index (χ4v) is 5.52. The van der Waals surface area contributed by atoms with Crippen molar-refractivity contribution in [1.29, 1.82) is 0 Å². The first kappa shape index (κ1) is 21.9. The van der Waals surface area contributed by atoms with Gasteiger partial charge in [0.05, 0.1) is 0 Å². The molecule has 0 fully saturated rings. The van der Waals surface area contributed by atoms with Gasteiger partial charge in [0.2, 0.25) is 0 Å². The fourth-order valence-electron chi connectivity index (χ4n) is 5.52. The number of benzene rings is 4. The molecule has 6 rings (SSSR count). The van der Waals surface area contributed by atoms with Crippen LogP contribution in [-0.2, 0) is 22.3 Å². The molecule has 0 heterocycles. The molecule has 0 radical (unpaired) electrons.